The average molecular weight is 471 g/mol. The van der Waals surface area contributed by atoms with Gasteiger partial charge in [-0.05, 0) is 61.1 Å². The van der Waals surface area contributed by atoms with E-state index >= 15 is 0 Å². The summed E-state index contributed by atoms with van der Waals surface area (Å²) in [6.07, 6.45) is 7.60. The first-order chi connectivity index (χ1) is 16.6. The maximum Gasteiger partial charge on any atom is 0.305 e. The van der Waals surface area contributed by atoms with Gasteiger partial charge in [-0.15, -0.1) is 0 Å². The summed E-state index contributed by atoms with van der Waals surface area (Å²) in [5.74, 6) is -0.0255. The first-order valence-electron chi connectivity index (χ1n) is 10.9. The Morgan fingerprint density at radius 3 is 1.74 bits per heavy atom. The molecule has 1 fully saturated rings. The van der Waals surface area contributed by atoms with Gasteiger partial charge in [0.05, 0.1) is 44.4 Å². The van der Waals surface area contributed by atoms with Crippen molar-refractivity contribution >= 4 is 29.5 Å². The van der Waals surface area contributed by atoms with Crippen LogP contribution in [-0.2, 0) is 30.3 Å². The molecule has 9 nitrogen and oxygen atoms in total. The molecule has 0 aromatic heterocycles. The van der Waals surface area contributed by atoms with Crippen LogP contribution in [0.2, 0.25) is 0 Å². The van der Waals surface area contributed by atoms with Crippen molar-refractivity contribution in [1.29, 1.82) is 0 Å². The van der Waals surface area contributed by atoms with Crippen LogP contribution in [0.4, 0.5) is 11.4 Å². The second-order valence-corrected chi connectivity index (χ2v) is 7.01. The van der Waals surface area contributed by atoms with E-state index in [1.54, 1.807) is 24.3 Å². The number of cyclic esters (lactones) is 1. The van der Waals surface area contributed by atoms with Crippen LogP contribution in [0.1, 0.15) is 36.8 Å². The smallest absolute Gasteiger partial charge is 0.305 e. The van der Waals surface area contributed by atoms with Gasteiger partial charge in [-0.3, -0.25) is 4.79 Å². The van der Waals surface area contributed by atoms with Crippen LogP contribution in [0.5, 0.6) is 0 Å². The highest BCUT2D eigenvalue weighted by atomic mass is 16.5. The molecule has 2 aromatic carbocycles. The minimum Gasteiger partial charge on any atom is -0.466 e. The molecule has 0 aliphatic carbocycles. The second kappa shape index (κ2) is 19.1. The topological polar surface area (TPSA) is 135 Å². The van der Waals surface area contributed by atoms with E-state index < -0.39 is 0 Å². The third-order valence-corrected chi connectivity index (χ3v) is 4.39. The lowest BCUT2D eigenvalue weighted by Gasteiger charge is -2.02. The number of hydrogen-bond donors (Lipinski definition) is 2. The number of aliphatic imine (C=N–C) groups is 2. The maximum absolute atomic E-state index is 10.5. The molecule has 0 saturated carbocycles. The van der Waals surface area contributed by atoms with Gasteiger partial charge in [-0.2, -0.15) is 9.98 Å². The van der Waals surface area contributed by atoms with E-state index in [1.807, 2.05) is 24.3 Å². The highest BCUT2D eigenvalue weighted by molar-refractivity contribution is 5.69. The molecule has 0 unspecified atom stereocenters. The summed E-state index contributed by atoms with van der Waals surface area (Å²) >= 11 is 0. The summed E-state index contributed by atoms with van der Waals surface area (Å²) in [5.41, 5.74) is 3.40. The lowest BCUT2D eigenvalue weighted by molar-refractivity contribution is -0.142. The Bertz CT molecular complexity index is 844. The van der Waals surface area contributed by atoms with E-state index in [0.717, 1.165) is 36.8 Å². The molecule has 0 radical (unpaired) electrons. The molecular weight excluding hydrogens is 440 g/mol. The van der Waals surface area contributed by atoms with Crippen LogP contribution in [0.15, 0.2) is 58.5 Å². The van der Waals surface area contributed by atoms with Crippen LogP contribution in [0, 0.1) is 0 Å². The molecular formula is C25H30N2O7. The zero-order valence-corrected chi connectivity index (χ0v) is 19.0. The fraction of sp³-hybridized carbons (Fsp3) is 0.400. The number of aliphatic hydroxyl groups is 2. The van der Waals surface area contributed by atoms with Gasteiger partial charge in [0.1, 0.15) is 0 Å². The molecule has 1 aliphatic rings. The zero-order chi connectivity index (χ0) is 24.9. The molecule has 2 aromatic rings. The van der Waals surface area contributed by atoms with E-state index in [-0.39, 0.29) is 19.2 Å². The van der Waals surface area contributed by atoms with Gasteiger partial charge in [0.25, 0.3) is 0 Å². The lowest BCUT2D eigenvalue weighted by atomic mass is 10.0. The number of nitrogens with zero attached hydrogens (tertiary/aromatic N) is 2. The fourth-order valence-corrected chi connectivity index (χ4v) is 2.76. The molecule has 182 valence electrons. The van der Waals surface area contributed by atoms with Gasteiger partial charge in [0, 0.05) is 6.42 Å². The molecule has 0 atom stereocenters. The van der Waals surface area contributed by atoms with Crippen molar-refractivity contribution < 1.29 is 34.1 Å². The molecule has 1 aliphatic heterocycles. The molecule has 34 heavy (non-hydrogen) atoms. The summed E-state index contributed by atoms with van der Waals surface area (Å²) in [5, 5.41) is 16.2. The highest BCUT2D eigenvalue weighted by Gasteiger charge is 2.05. The lowest BCUT2D eigenvalue weighted by Crippen LogP contribution is -2.03. The third-order valence-electron chi connectivity index (χ3n) is 4.39. The maximum atomic E-state index is 10.5. The van der Waals surface area contributed by atoms with E-state index in [1.165, 1.54) is 12.2 Å². The van der Waals surface area contributed by atoms with E-state index in [9.17, 15) is 14.4 Å². The first kappa shape index (κ1) is 28.6. The second-order valence-electron chi connectivity index (χ2n) is 7.01. The largest absolute Gasteiger partial charge is 0.466 e. The number of ether oxygens (including phenoxy) is 2. The molecule has 2 N–H and O–H groups in total. The van der Waals surface area contributed by atoms with E-state index in [4.69, 9.17) is 14.9 Å². The molecule has 1 heterocycles. The Balaban J connectivity index is 0.000000317. The van der Waals surface area contributed by atoms with Crippen LogP contribution < -0.4 is 0 Å². The summed E-state index contributed by atoms with van der Waals surface area (Å²) < 4.78 is 9.40. The van der Waals surface area contributed by atoms with E-state index in [0.29, 0.717) is 37.6 Å². The van der Waals surface area contributed by atoms with Crippen molar-refractivity contribution in [3.05, 3.63) is 59.7 Å². The summed E-state index contributed by atoms with van der Waals surface area (Å²) in [6.45, 7) is 1.33. The van der Waals surface area contributed by atoms with Crippen LogP contribution in [0.3, 0.4) is 0 Å². The van der Waals surface area contributed by atoms with Crippen LogP contribution >= 0.6 is 0 Å². The number of aliphatic hydroxyl groups excluding tert-OH is 2. The van der Waals surface area contributed by atoms with Crippen molar-refractivity contribution in [3.63, 3.8) is 0 Å². The molecule has 0 bridgehead atoms. The summed E-state index contributed by atoms with van der Waals surface area (Å²) in [4.78, 5) is 37.7. The predicted molar refractivity (Wildman–Crippen MR) is 126 cm³/mol. The Morgan fingerprint density at radius 1 is 0.794 bits per heavy atom. The average Bonchev–Trinajstić information content (AvgIpc) is 3.11. The van der Waals surface area contributed by atoms with Crippen LogP contribution in [-0.4, -0.2) is 61.4 Å². The minimum atomic E-state index is -0.0255. The quantitative estimate of drug-likeness (QED) is 0.261. The molecule has 3 rings (SSSR count). The first-order valence-corrected chi connectivity index (χ1v) is 10.9. The Morgan fingerprint density at radius 2 is 1.29 bits per heavy atom. The highest BCUT2D eigenvalue weighted by Crippen LogP contribution is 2.17. The van der Waals surface area contributed by atoms with Crippen LogP contribution in [0.25, 0.3) is 0 Å². The number of isocyanates is 2. The van der Waals surface area contributed by atoms with Crippen molar-refractivity contribution in [1.82, 2.24) is 0 Å². The van der Waals surface area contributed by atoms with Gasteiger partial charge < -0.3 is 19.7 Å². The monoisotopic (exact) mass is 470 g/mol. The third kappa shape index (κ3) is 13.9. The number of carbonyl (C=O) groups excluding carboxylic acids is 3. The van der Waals surface area contributed by atoms with Gasteiger partial charge in [0.15, 0.2) is 0 Å². The standard InChI is InChI=1S/C15H10N2O2.C6H10O2.C4H10O3/c18-10-16-14-5-1-12(2-6-14)9-13-3-7-15(8-4-13)17-11-19;7-6-4-2-1-3-5-8-6;5-1-3-7-4-2-6/h1-8H,9H2;1-5H2;5-6H,1-4H2. The SMILES string of the molecule is O=C1CCCCCO1.O=C=Nc1ccc(Cc2ccc(N=C=O)cc2)cc1.OCCOCCO. The van der Waals surface area contributed by atoms with Gasteiger partial charge >= 0.3 is 5.97 Å². The minimum absolute atomic E-state index is 0.0255. The van der Waals surface area contributed by atoms with Crippen molar-refractivity contribution in [3.8, 4) is 0 Å². The molecule has 0 amide bonds. The van der Waals surface area contributed by atoms with Gasteiger partial charge in [-0.1, -0.05) is 24.3 Å². The number of benzene rings is 2. The number of hydrogen-bond acceptors (Lipinski definition) is 9. The number of esters is 1. The Labute approximate surface area is 198 Å². The molecule has 0 spiro atoms. The fourth-order valence-electron chi connectivity index (χ4n) is 2.76. The predicted octanol–water partition coefficient (Wildman–Crippen LogP) is 3.30. The molecule has 1 saturated heterocycles. The Kier molecular flexibility index (Phi) is 16.0. The summed E-state index contributed by atoms with van der Waals surface area (Å²) in [7, 11) is 0. The van der Waals surface area contributed by atoms with Crippen molar-refractivity contribution in [2.75, 3.05) is 33.0 Å². The Hall–Kier alpha value is -3.45. The van der Waals surface area contributed by atoms with Crippen molar-refractivity contribution in [2.45, 2.75) is 32.1 Å². The van der Waals surface area contributed by atoms with Gasteiger partial charge in [-0.25, -0.2) is 9.59 Å². The van der Waals surface area contributed by atoms with Gasteiger partial charge in [0.2, 0.25) is 12.2 Å². The number of rotatable bonds is 8. The molecule has 9 heteroatoms. The zero-order valence-electron chi connectivity index (χ0n) is 19.0. The van der Waals surface area contributed by atoms with Crippen molar-refractivity contribution in [2.24, 2.45) is 9.98 Å². The number of carbonyl (C=O) groups is 1. The normalized spacial score (nSPS) is 12.2. The summed E-state index contributed by atoms with van der Waals surface area (Å²) in [6, 6.07) is 14.7. The van der Waals surface area contributed by atoms with E-state index in [2.05, 4.69) is 14.7 Å².